The number of aromatic nitrogens is 4. The van der Waals surface area contributed by atoms with Crippen molar-refractivity contribution in [2.45, 2.75) is 18.4 Å². The Morgan fingerprint density at radius 1 is 1.00 bits per heavy atom. The minimum Gasteiger partial charge on any atom is -0.381 e. The molecule has 0 spiro atoms. The van der Waals surface area contributed by atoms with E-state index in [1.807, 2.05) is 41.2 Å². The molecular formula is C18H17FN4O. The van der Waals surface area contributed by atoms with E-state index < -0.39 is 0 Å². The summed E-state index contributed by atoms with van der Waals surface area (Å²) in [7, 11) is 0. The van der Waals surface area contributed by atoms with Crippen molar-refractivity contribution in [1.29, 1.82) is 0 Å². The number of halogens is 1. The van der Waals surface area contributed by atoms with Crippen LogP contribution < -0.4 is 0 Å². The molecule has 3 aromatic rings. The van der Waals surface area contributed by atoms with Crippen LogP contribution in [0.15, 0.2) is 54.9 Å². The van der Waals surface area contributed by atoms with E-state index in [2.05, 4.69) is 15.3 Å². The molecule has 0 amide bonds. The van der Waals surface area contributed by atoms with Crippen LogP contribution in [0.4, 0.5) is 4.39 Å². The minimum absolute atomic E-state index is 0.242. The average Bonchev–Trinajstić information content (AvgIpc) is 3.14. The van der Waals surface area contributed by atoms with E-state index in [-0.39, 0.29) is 11.4 Å². The summed E-state index contributed by atoms with van der Waals surface area (Å²) >= 11 is 0. The SMILES string of the molecule is Fc1ccc(C2(n3cc(-c4ccccn4)nn3)CCOCC2)cc1. The van der Waals surface area contributed by atoms with E-state index in [0.29, 0.717) is 13.2 Å². The lowest BCUT2D eigenvalue weighted by Crippen LogP contribution is -2.41. The Balaban J connectivity index is 1.77. The lowest BCUT2D eigenvalue weighted by atomic mass is 9.83. The van der Waals surface area contributed by atoms with Crippen LogP contribution in [0, 0.1) is 5.82 Å². The Labute approximate surface area is 139 Å². The molecule has 122 valence electrons. The van der Waals surface area contributed by atoms with E-state index in [0.717, 1.165) is 29.8 Å². The lowest BCUT2D eigenvalue weighted by Gasteiger charge is -2.37. The van der Waals surface area contributed by atoms with Crippen molar-refractivity contribution >= 4 is 0 Å². The third-order valence-electron chi connectivity index (χ3n) is 4.56. The Morgan fingerprint density at radius 3 is 2.50 bits per heavy atom. The number of hydrogen-bond acceptors (Lipinski definition) is 4. The van der Waals surface area contributed by atoms with Gasteiger partial charge in [0, 0.05) is 32.3 Å². The van der Waals surface area contributed by atoms with Crippen LogP contribution in [0.2, 0.25) is 0 Å². The number of ether oxygens (including phenoxy) is 1. The maximum absolute atomic E-state index is 13.3. The van der Waals surface area contributed by atoms with Gasteiger partial charge in [0.1, 0.15) is 11.5 Å². The van der Waals surface area contributed by atoms with Gasteiger partial charge in [-0.25, -0.2) is 9.07 Å². The fraction of sp³-hybridized carbons (Fsp3) is 0.278. The van der Waals surface area contributed by atoms with Gasteiger partial charge in [0.15, 0.2) is 0 Å². The van der Waals surface area contributed by atoms with Gasteiger partial charge in [-0.1, -0.05) is 23.4 Å². The van der Waals surface area contributed by atoms with Gasteiger partial charge in [-0.05, 0) is 29.8 Å². The quantitative estimate of drug-likeness (QED) is 0.743. The van der Waals surface area contributed by atoms with Gasteiger partial charge in [0.05, 0.1) is 17.4 Å². The molecule has 4 rings (SSSR count). The fourth-order valence-corrected chi connectivity index (χ4v) is 3.22. The zero-order valence-corrected chi connectivity index (χ0v) is 13.1. The number of pyridine rings is 1. The highest BCUT2D eigenvalue weighted by atomic mass is 19.1. The molecule has 0 radical (unpaired) electrons. The van der Waals surface area contributed by atoms with Crippen LogP contribution in [0.5, 0.6) is 0 Å². The number of nitrogens with zero attached hydrogens (tertiary/aromatic N) is 4. The van der Waals surface area contributed by atoms with Crippen LogP contribution in [0.1, 0.15) is 18.4 Å². The molecule has 6 heteroatoms. The molecule has 1 fully saturated rings. The summed E-state index contributed by atoms with van der Waals surface area (Å²) in [5.41, 5.74) is 2.16. The van der Waals surface area contributed by atoms with Crippen molar-refractivity contribution in [3.63, 3.8) is 0 Å². The van der Waals surface area contributed by atoms with Gasteiger partial charge in [-0.3, -0.25) is 4.98 Å². The van der Waals surface area contributed by atoms with Gasteiger partial charge >= 0.3 is 0 Å². The molecule has 0 N–H and O–H groups in total. The van der Waals surface area contributed by atoms with Gasteiger partial charge in [-0.15, -0.1) is 5.10 Å². The summed E-state index contributed by atoms with van der Waals surface area (Å²) in [6.07, 6.45) is 5.18. The van der Waals surface area contributed by atoms with Crippen molar-refractivity contribution in [2.75, 3.05) is 13.2 Å². The van der Waals surface area contributed by atoms with Gasteiger partial charge in [0.25, 0.3) is 0 Å². The maximum atomic E-state index is 13.3. The topological polar surface area (TPSA) is 52.8 Å². The summed E-state index contributed by atoms with van der Waals surface area (Å²) in [5.74, 6) is -0.242. The Bertz CT molecular complexity index is 811. The standard InChI is InChI=1S/C18H17FN4O/c19-15-6-4-14(5-7-15)18(8-11-24-12-9-18)23-13-17(21-22-23)16-3-1-2-10-20-16/h1-7,10,13H,8-9,11-12H2. The molecule has 2 aromatic heterocycles. The van der Waals surface area contributed by atoms with Crippen molar-refractivity contribution in [3.8, 4) is 11.4 Å². The van der Waals surface area contributed by atoms with Crippen LogP contribution in [0.3, 0.4) is 0 Å². The molecule has 1 saturated heterocycles. The predicted octanol–water partition coefficient (Wildman–Crippen LogP) is 3.03. The van der Waals surface area contributed by atoms with Crippen molar-refractivity contribution in [1.82, 2.24) is 20.0 Å². The van der Waals surface area contributed by atoms with E-state index in [9.17, 15) is 4.39 Å². The van der Waals surface area contributed by atoms with Crippen molar-refractivity contribution < 1.29 is 9.13 Å². The first-order valence-corrected chi connectivity index (χ1v) is 7.96. The zero-order chi connectivity index (χ0) is 16.4. The number of hydrogen-bond donors (Lipinski definition) is 0. The van der Waals surface area contributed by atoms with E-state index in [4.69, 9.17) is 4.74 Å². The van der Waals surface area contributed by atoms with Crippen LogP contribution in [-0.2, 0) is 10.3 Å². The van der Waals surface area contributed by atoms with E-state index in [1.165, 1.54) is 12.1 Å². The Kier molecular flexibility index (Phi) is 3.82. The number of rotatable bonds is 3. The molecular weight excluding hydrogens is 307 g/mol. The first-order chi connectivity index (χ1) is 11.8. The third-order valence-corrected chi connectivity index (χ3v) is 4.56. The Morgan fingerprint density at radius 2 is 1.79 bits per heavy atom. The summed E-state index contributed by atoms with van der Waals surface area (Å²) in [6, 6.07) is 12.3. The second-order valence-corrected chi connectivity index (χ2v) is 5.91. The van der Waals surface area contributed by atoms with Gasteiger partial charge < -0.3 is 4.74 Å². The first kappa shape index (κ1) is 15.0. The van der Waals surface area contributed by atoms with E-state index >= 15 is 0 Å². The molecule has 3 heterocycles. The average molecular weight is 324 g/mol. The number of benzene rings is 1. The fourth-order valence-electron chi connectivity index (χ4n) is 3.22. The first-order valence-electron chi connectivity index (χ1n) is 7.96. The highest BCUT2D eigenvalue weighted by molar-refractivity contribution is 5.51. The van der Waals surface area contributed by atoms with E-state index in [1.54, 1.807) is 6.20 Å². The maximum Gasteiger partial charge on any atom is 0.131 e. The summed E-state index contributed by atoms with van der Waals surface area (Å²) < 4.78 is 20.8. The highest BCUT2D eigenvalue weighted by Gasteiger charge is 2.37. The molecule has 1 aliphatic rings. The van der Waals surface area contributed by atoms with Crippen LogP contribution in [0.25, 0.3) is 11.4 Å². The van der Waals surface area contributed by atoms with Crippen LogP contribution >= 0.6 is 0 Å². The van der Waals surface area contributed by atoms with Crippen molar-refractivity contribution in [3.05, 3.63) is 66.2 Å². The lowest BCUT2D eigenvalue weighted by molar-refractivity contribution is 0.0330. The second kappa shape index (κ2) is 6.13. The minimum atomic E-state index is -0.369. The highest BCUT2D eigenvalue weighted by Crippen LogP contribution is 2.36. The molecule has 0 aliphatic carbocycles. The summed E-state index contributed by atoms with van der Waals surface area (Å²) in [4.78, 5) is 4.32. The molecule has 5 nitrogen and oxygen atoms in total. The summed E-state index contributed by atoms with van der Waals surface area (Å²) in [5, 5.41) is 8.65. The normalized spacial score (nSPS) is 16.9. The Hall–Kier alpha value is -2.60. The smallest absolute Gasteiger partial charge is 0.131 e. The zero-order valence-electron chi connectivity index (χ0n) is 13.1. The molecule has 0 bridgehead atoms. The molecule has 1 aromatic carbocycles. The largest absolute Gasteiger partial charge is 0.381 e. The molecule has 0 saturated carbocycles. The van der Waals surface area contributed by atoms with Gasteiger partial charge in [-0.2, -0.15) is 0 Å². The van der Waals surface area contributed by atoms with Crippen molar-refractivity contribution in [2.24, 2.45) is 0 Å². The second-order valence-electron chi connectivity index (χ2n) is 5.91. The summed E-state index contributed by atoms with van der Waals surface area (Å²) in [6.45, 7) is 1.27. The predicted molar refractivity (Wildman–Crippen MR) is 86.8 cm³/mol. The molecule has 24 heavy (non-hydrogen) atoms. The molecule has 1 aliphatic heterocycles. The van der Waals surface area contributed by atoms with Crippen LogP contribution in [-0.4, -0.2) is 33.2 Å². The monoisotopic (exact) mass is 324 g/mol. The third kappa shape index (κ3) is 2.59. The van der Waals surface area contributed by atoms with Gasteiger partial charge in [0.2, 0.25) is 0 Å². The molecule has 0 atom stereocenters. The molecule has 0 unspecified atom stereocenters.